The smallest absolute Gasteiger partial charge is 0.415 e. The Morgan fingerprint density at radius 3 is 2.44 bits per heavy atom. The summed E-state index contributed by atoms with van der Waals surface area (Å²) in [5.41, 5.74) is 0.693. The molecule has 0 aliphatic rings. The van der Waals surface area contributed by atoms with Crippen molar-refractivity contribution in [1.29, 1.82) is 0 Å². The molecular formula is C19H22N2O4. The fourth-order valence-corrected chi connectivity index (χ4v) is 1.96. The number of carbonyl (C=O) groups excluding carboxylic acids is 2. The molecule has 0 saturated carbocycles. The molecule has 1 aromatic heterocycles. The molecule has 132 valence electrons. The number of carbonyl (C=O) groups is 2. The van der Waals surface area contributed by atoms with E-state index in [9.17, 15) is 9.59 Å². The van der Waals surface area contributed by atoms with Crippen molar-refractivity contribution < 1.29 is 19.1 Å². The van der Waals surface area contributed by atoms with Crippen molar-refractivity contribution in [3.8, 4) is 5.75 Å². The Morgan fingerprint density at radius 1 is 1.16 bits per heavy atom. The van der Waals surface area contributed by atoms with Crippen LogP contribution in [0.4, 0.5) is 10.6 Å². The van der Waals surface area contributed by atoms with E-state index in [0.717, 1.165) is 6.29 Å². The predicted octanol–water partition coefficient (Wildman–Crippen LogP) is 3.84. The van der Waals surface area contributed by atoms with Gasteiger partial charge in [0.15, 0.2) is 0 Å². The number of aldehydes is 1. The first-order chi connectivity index (χ1) is 11.8. The summed E-state index contributed by atoms with van der Waals surface area (Å²) in [5.74, 6) is 1.12. The average molecular weight is 342 g/mol. The van der Waals surface area contributed by atoms with Gasteiger partial charge in [-0.1, -0.05) is 6.07 Å². The third-order valence-corrected chi connectivity index (χ3v) is 3.21. The van der Waals surface area contributed by atoms with Gasteiger partial charge < -0.3 is 9.47 Å². The highest BCUT2D eigenvalue weighted by atomic mass is 16.6. The summed E-state index contributed by atoms with van der Waals surface area (Å²) in [4.78, 5) is 28.5. The van der Waals surface area contributed by atoms with Gasteiger partial charge in [0, 0.05) is 12.6 Å². The molecule has 0 N–H and O–H groups in total. The van der Waals surface area contributed by atoms with Crippen molar-refractivity contribution in [2.24, 2.45) is 0 Å². The van der Waals surface area contributed by atoms with E-state index in [1.54, 1.807) is 43.4 Å². The Labute approximate surface area is 147 Å². The molecule has 1 aromatic carbocycles. The van der Waals surface area contributed by atoms with Crippen molar-refractivity contribution in [3.63, 3.8) is 0 Å². The number of amides is 1. The maximum Gasteiger partial charge on any atom is 0.415 e. The molecule has 1 heterocycles. The molecule has 0 aliphatic heterocycles. The molecule has 2 aromatic rings. The van der Waals surface area contributed by atoms with Crippen molar-refractivity contribution in [1.82, 2.24) is 4.98 Å². The lowest BCUT2D eigenvalue weighted by Gasteiger charge is -2.24. The van der Waals surface area contributed by atoms with Gasteiger partial charge in [0.05, 0.1) is 5.69 Å². The van der Waals surface area contributed by atoms with E-state index in [4.69, 9.17) is 9.47 Å². The van der Waals surface area contributed by atoms with Crippen LogP contribution in [0.25, 0.3) is 0 Å². The second-order valence-corrected chi connectivity index (χ2v) is 6.50. The molecule has 0 radical (unpaired) electrons. The van der Waals surface area contributed by atoms with Crippen molar-refractivity contribution in [3.05, 3.63) is 53.7 Å². The lowest BCUT2D eigenvalue weighted by Crippen LogP contribution is -2.34. The van der Waals surface area contributed by atoms with Gasteiger partial charge in [-0.15, -0.1) is 0 Å². The molecule has 0 spiro atoms. The summed E-state index contributed by atoms with van der Waals surface area (Å²) < 4.78 is 11.0. The molecule has 6 nitrogen and oxygen atoms in total. The van der Waals surface area contributed by atoms with Gasteiger partial charge >= 0.3 is 6.09 Å². The van der Waals surface area contributed by atoms with E-state index in [-0.39, 0.29) is 6.61 Å². The van der Waals surface area contributed by atoms with Crippen molar-refractivity contribution >= 4 is 18.2 Å². The van der Waals surface area contributed by atoms with Crippen molar-refractivity contribution in [2.75, 3.05) is 11.9 Å². The average Bonchev–Trinajstić information content (AvgIpc) is 2.58. The monoisotopic (exact) mass is 342 g/mol. The summed E-state index contributed by atoms with van der Waals surface area (Å²) in [6.45, 7) is 5.68. The topological polar surface area (TPSA) is 68.7 Å². The molecule has 6 heteroatoms. The van der Waals surface area contributed by atoms with Crippen LogP contribution in [0.2, 0.25) is 0 Å². The van der Waals surface area contributed by atoms with Crippen LogP contribution in [0.5, 0.6) is 5.75 Å². The fraction of sp³-hybridized carbons (Fsp3) is 0.316. The van der Waals surface area contributed by atoms with Crippen LogP contribution < -0.4 is 9.64 Å². The fourth-order valence-electron chi connectivity index (χ4n) is 1.96. The number of aromatic nitrogens is 1. The first-order valence-electron chi connectivity index (χ1n) is 7.89. The normalized spacial score (nSPS) is 10.9. The van der Waals surface area contributed by atoms with Crippen LogP contribution in [-0.4, -0.2) is 30.0 Å². The summed E-state index contributed by atoms with van der Waals surface area (Å²) >= 11 is 0. The lowest BCUT2D eigenvalue weighted by atomic mass is 10.2. The van der Waals surface area contributed by atoms with Crippen LogP contribution in [-0.2, 0) is 11.3 Å². The second-order valence-electron chi connectivity index (χ2n) is 6.50. The summed E-state index contributed by atoms with van der Waals surface area (Å²) in [5, 5.41) is 0. The number of hydrogen-bond donors (Lipinski definition) is 0. The Kier molecular flexibility index (Phi) is 5.75. The van der Waals surface area contributed by atoms with Crippen LogP contribution in [0.3, 0.4) is 0 Å². The number of pyridine rings is 1. The number of ether oxygens (including phenoxy) is 2. The zero-order valence-corrected chi connectivity index (χ0v) is 14.9. The Balaban J connectivity index is 2.02. The van der Waals surface area contributed by atoms with E-state index in [2.05, 4.69) is 4.98 Å². The van der Waals surface area contributed by atoms with E-state index in [1.165, 1.54) is 4.90 Å². The molecule has 0 unspecified atom stereocenters. The SMILES string of the molecule is CN(C(=O)OC(C)(C)C)c1cccc(COc2ccc(C=O)cc2)n1. The number of rotatable bonds is 5. The lowest BCUT2D eigenvalue weighted by molar-refractivity contribution is 0.0588. The highest BCUT2D eigenvalue weighted by Gasteiger charge is 2.21. The van der Waals surface area contributed by atoms with E-state index >= 15 is 0 Å². The minimum atomic E-state index is -0.570. The van der Waals surface area contributed by atoms with Gasteiger partial charge in [-0.05, 0) is 57.2 Å². The second kappa shape index (κ2) is 7.79. The van der Waals surface area contributed by atoms with E-state index in [0.29, 0.717) is 22.8 Å². The van der Waals surface area contributed by atoms with Crippen molar-refractivity contribution in [2.45, 2.75) is 33.0 Å². The molecular weight excluding hydrogens is 320 g/mol. The summed E-state index contributed by atoms with van der Waals surface area (Å²) in [6, 6.07) is 12.2. The highest BCUT2D eigenvalue weighted by Crippen LogP contribution is 2.17. The minimum Gasteiger partial charge on any atom is -0.487 e. The molecule has 0 bridgehead atoms. The van der Waals surface area contributed by atoms with Crippen LogP contribution in [0.15, 0.2) is 42.5 Å². The Bertz CT molecular complexity index is 736. The largest absolute Gasteiger partial charge is 0.487 e. The van der Waals surface area contributed by atoms with Crippen LogP contribution in [0.1, 0.15) is 36.8 Å². The third kappa shape index (κ3) is 5.60. The molecule has 0 atom stereocenters. The number of nitrogens with zero attached hydrogens (tertiary/aromatic N) is 2. The molecule has 1 amide bonds. The van der Waals surface area contributed by atoms with Crippen LogP contribution in [0, 0.1) is 0 Å². The zero-order chi connectivity index (χ0) is 18.4. The maximum atomic E-state index is 12.1. The molecule has 0 aliphatic carbocycles. The number of hydrogen-bond acceptors (Lipinski definition) is 5. The van der Waals surface area contributed by atoms with Gasteiger partial charge in [-0.2, -0.15) is 0 Å². The minimum absolute atomic E-state index is 0.246. The third-order valence-electron chi connectivity index (χ3n) is 3.21. The standard InChI is InChI=1S/C19H22N2O4/c1-19(2,3)25-18(23)21(4)17-7-5-6-15(20-17)13-24-16-10-8-14(12-22)9-11-16/h5-12H,13H2,1-4H3. The Morgan fingerprint density at radius 2 is 1.84 bits per heavy atom. The van der Waals surface area contributed by atoms with Crippen LogP contribution >= 0.6 is 0 Å². The molecule has 0 fully saturated rings. The van der Waals surface area contributed by atoms with E-state index < -0.39 is 11.7 Å². The predicted molar refractivity (Wildman–Crippen MR) is 95.0 cm³/mol. The first kappa shape index (κ1) is 18.4. The number of anilines is 1. The summed E-state index contributed by atoms with van der Waals surface area (Å²) in [7, 11) is 1.61. The zero-order valence-electron chi connectivity index (χ0n) is 14.9. The van der Waals surface area contributed by atoms with Gasteiger partial charge in [0.2, 0.25) is 0 Å². The maximum absolute atomic E-state index is 12.1. The van der Waals surface area contributed by atoms with Gasteiger partial charge in [0.1, 0.15) is 30.1 Å². The highest BCUT2D eigenvalue weighted by molar-refractivity contribution is 5.85. The Hall–Kier alpha value is -2.89. The van der Waals surface area contributed by atoms with Gasteiger partial charge in [0.25, 0.3) is 0 Å². The quantitative estimate of drug-likeness (QED) is 0.772. The number of benzene rings is 1. The van der Waals surface area contributed by atoms with E-state index in [1.807, 2.05) is 26.8 Å². The molecule has 2 rings (SSSR count). The first-order valence-corrected chi connectivity index (χ1v) is 7.89. The van der Waals surface area contributed by atoms with Gasteiger partial charge in [-0.25, -0.2) is 9.78 Å². The summed E-state index contributed by atoms with van der Waals surface area (Å²) in [6.07, 6.45) is 0.309. The molecule has 25 heavy (non-hydrogen) atoms. The van der Waals surface area contributed by atoms with Gasteiger partial charge in [-0.3, -0.25) is 9.69 Å². The molecule has 0 saturated heterocycles.